The molecule has 0 atom stereocenters. The summed E-state index contributed by atoms with van der Waals surface area (Å²) in [5.41, 5.74) is 3.15. The lowest BCUT2D eigenvalue weighted by Gasteiger charge is -2.04. The number of oxazole rings is 1. The van der Waals surface area contributed by atoms with Crippen molar-refractivity contribution < 1.29 is 17.0 Å². The number of nitrogens with zero attached hydrogens (tertiary/aromatic N) is 1. The molecule has 3 rings (SSSR count). The summed E-state index contributed by atoms with van der Waals surface area (Å²) >= 11 is 1.69. The zero-order valence-corrected chi connectivity index (χ0v) is 17.8. The normalized spacial score (nSPS) is 11.9. The topological polar surface area (TPSA) is 69.4 Å². The third-order valence-electron chi connectivity index (χ3n) is 4.00. The molecule has 0 bridgehead atoms. The summed E-state index contributed by atoms with van der Waals surface area (Å²) in [7, 11) is -3.36. The van der Waals surface area contributed by atoms with Gasteiger partial charge in [-0.15, -0.1) is 11.8 Å². The van der Waals surface area contributed by atoms with E-state index in [-0.39, 0.29) is 6.61 Å². The maximum atomic E-state index is 10.9. The predicted molar refractivity (Wildman–Crippen MR) is 117 cm³/mol. The molecule has 7 heteroatoms. The first-order valence-corrected chi connectivity index (χ1v) is 12.0. The number of aromatic nitrogens is 1. The van der Waals surface area contributed by atoms with Gasteiger partial charge in [0.1, 0.15) is 6.26 Å². The van der Waals surface area contributed by atoms with Crippen molar-refractivity contribution >= 4 is 34.0 Å². The molecule has 1 heterocycles. The van der Waals surface area contributed by atoms with Gasteiger partial charge in [0, 0.05) is 16.7 Å². The monoisotopic (exact) mass is 429 g/mol. The molecule has 3 aromatic rings. The van der Waals surface area contributed by atoms with E-state index in [0.29, 0.717) is 12.3 Å². The standard InChI is InChI=1S/C22H23NO4S2/c1-29(24,25)27-15-5-8-19-9-12-21(13-10-19)28-17-20-16-26-22(23-20)14-11-18-6-3-2-4-7-18/h2-4,6-7,9-14,16H,5,8,15,17H2,1H3. The average molecular weight is 430 g/mol. The van der Waals surface area contributed by atoms with E-state index in [1.807, 2.05) is 42.5 Å². The fourth-order valence-corrected chi connectivity index (χ4v) is 3.79. The average Bonchev–Trinajstić information content (AvgIpc) is 3.17. The summed E-state index contributed by atoms with van der Waals surface area (Å²) in [6.45, 7) is 0.211. The Hall–Kier alpha value is -2.35. The third-order valence-corrected chi connectivity index (χ3v) is 5.65. The fraction of sp³-hybridized carbons (Fsp3) is 0.227. The second kappa shape index (κ2) is 10.4. The van der Waals surface area contributed by atoms with Crippen molar-refractivity contribution in [1.29, 1.82) is 0 Å². The maximum Gasteiger partial charge on any atom is 0.264 e. The largest absolute Gasteiger partial charge is 0.445 e. The zero-order valence-electron chi connectivity index (χ0n) is 16.2. The number of hydrogen-bond acceptors (Lipinski definition) is 6. The highest BCUT2D eigenvalue weighted by Crippen LogP contribution is 2.23. The molecule has 0 saturated carbocycles. The van der Waals surface area contributed by atoms with Gasteiger partial charge < -0.3 is 4.42 Å². The molecule has 0 unspecified atom stereocenters. The van der Waals surface area contributed by atoms with Gasteiger partial charge in [-0.25, -0.2) is 4.98 Å². The van der Waals surface area contributed by atoms with Gasteiger partial charge in [0.25, 0.3) is 10.1 Å². The molecule has 2 aromatic carbocycles. The first-order chi connectivity index (χ1) is 14.0. The molecule has 0 N–H and O–H groups in total. The van der Waals surface area contributed by atoms with E-state index in [1.165, 1.54) is 0 Å². The van der Waals surface area contributed by atoms with Crippen LogP contribution in [0.5, 0.6) is 0 Å². The molecule has 0 spiro atoms. The number of rotatable bonds is 10. The summed E-state index contributed by atoms with van der Waals surface area (Å²) in [5.74, 6) is 1.32. The second-order valence-electron chi connectivity index (χ2n) is 6.48. The summed E-state index contributed by atoms with van der Waals surface area (Å²) < 4.78 is 32.1. The van der Waals surface area contributed by atoms with Crippen LogP contribution in [-0.2, 0) is 26.5 Å². The number of benzene rings is 2. The first kappa shape index (κ1) is 21.4. The third kappa shape index (κ3) is 7.89. The zero-order chi connectivity index (χ0) is 20.5. The van der Waals surface area contributed by atoms with Crippen LogP contribution in [0.2, 0.25) is 0 Å². The van der Waals surface area contributed by atoms with E-state index in [9.17, 15) is 8.42 Å². The highest BCUT2D eigenvalue weighted by Gasteiger charge is 2.04. The number of hydrogen-bond donors (Lipinski definition) is 0. The van der Waals surface area contributed by atoms with Crippen LogP contribution in [0.15, 0.2) is 70.2 Å². The van der Waals surface area contributed by atoms with Crippen LogP contribution in [0.1, 0.15) is 29.1 Å². The minimum Gasteiger partial charge on any atom is -0.445 e. The lowest BCUT2D eigenvalue weighted by Crippen LogP contribution is -2.04. The second-order valence-corrected chi connectivity index (χ2v) is 9.18. The summed E-state index contributed by atoms with van der Waals surface area (Å²) in [6, 6.07) is 18.3. The van der Waals surface area contributed by atoms with Crippen molar-refractivity contribution in [2.45, 2.75) is 23.5 Å². The van der Waals surface area contributed by atoms with Crippen molar-refractivity contribution in [3.8, 4) is 0 Å². The maximum absolute atomic E-state index is 10.9. The van der Waals surface area contributed by atoms with Gasteiger partial charge in [-0.1, -0.05) is 42.5 Å². The van der Waals surface area contributed by atoms with Crippen LogP contribution < -0.4 is 0 Å². The summed E-state index contributed by atoms with van der Waals surface area (Å²) in [4.78, 5) is 5.63. The van der Waals surface area contributed by atoms with E-state index in [2.05, 4.69) is 29.2 Å². The van der Waals surface area contributed by atoms with E-state index in [4.69, 9.17) is 8.60 Å². The molecule has 1 aromatic heterocycles. The number of aryl methyl sites for hydroxylation is 1. The molecule has 0 radical (unpaired) electrons. The molecule has 0 aliphatic rings. The van der Waals surface area contributed by atoms with E-state index >= 15 is 0 Å². The lowest BCUT2D eigenvalue weighted by atomic mass is 10.1. The Bertz CT molecular complexity index is 1030. The van der Waals surface area contributed by atoms with E-state index in [0.717, 1.165) is 40.1 Å². The summed E-state index contributed by atoms with van der Waals surface area (Å²) in [5, 5.41) is 0. The molecule has 0 amide bonds. The Kier molecular flexibility index (Phi) is 7.69. The van der Waals surface area contributed by atoms with Gasteiger partial charge in [-0.05, 0) is 42.2 Å². The predicted octanol–water partition coefficient (Wildman–Crippen LogP) is 5.05. The molecule has 0 aliphatic heterocycles. The Morgan fingerprint density at radius 3 is 2.55 bits per heavy atom. The molecular weight excluding hydrogens is 406 g/mol. The number of thioether (sulfide) groups is 1. The van der Waals surface area contributed by atoms with Gasteiger partial charge in [-0.3, -0.25) is 4.18 Å². The minimum atomic E-state index is -3.36. The van der Waals surface area contributed by atoms with Crippen LogP contribution in [-0.4, -0.2) is 26.3 Å². The van der Waals surface area contributed by atoms with Crippen LogP contribution in [0, 0.1) is 0 Å². The summed E-state index contributed by atoms with van der Waals surface area (Å²) in [6.07, 6.45) is 8.04. The molecule has 0 aliphatic carbocycles. The van der Waals surface area contributed by atoms with Crippen molar-refractivity contribution in [3.05, 3.63) is 83.6 Å². The SMILES string of the molecule is CS(=O)(=O)OCCCc1ccc(SCc2coc(C=Cc3ccccc3)n2)cc1. The first-order valence-electron chi connectivity index (χ1n) is 9.22. The van der Waals surface area contributed by atoms with E-state index in [1.54, 1.807) is 18.0 Å². The molecule has 0 saturated heterocycles. The molecule has 152 valence electrons. The fourth-order valence-electron chi connectivity index (χ4n) is 2.59. The highest BCUT2D eigenvalue weighted by molar-refractivity contribution is 7.98. The van der Waals surface area contributed by atoms with Crippen LogP contribution in [0.25, 0.3) is 12.2 Å². The van der Waals surface area contributed by atoms with Crippen LogP contribution in [0.3, 0.4) is 0 Å². The van der Waals surface area contributed by atoms with Gasteiger partial charge in [0.05, 0.1) is 18.6 Å². The smallest absolute Gasteiger partial charge is 0.264 e. The van der Waals surface area contributed by atoms with Gasteiger partial charge >= 0.3 is 0 Å². The molecule has 5 nitrogen and oxygen atoms in total. The molecular formula is C22H23NO4S2. The van der Waals surface area contributed by atoms with Crippen molar-refractivity contribution in [3.63, 3.8) is 0 Å². The Morgan fingerprint density at radius 1 is 1.07 bits per heavy atom. The lowest BCUT2D eigenvalue weighted by molar-refractivity contribution is 0.316. The van der Waals surface area contributed by atoms with Gasteiger partial charge in [0.2, 0.25) is 5.89 Å². The van der Waals surface area contributed by atoms with Gasteiger partial charge in [-0.2, -0.15) is 8.42 Å². The van der Waals surface area contributed by atoms with Crippen molar-refractivity contribution in [2.24, 2.45) is 0 Å². The van der Waals surface area contributed by atoms with Crippen LogP contribution in [0.4, 0.5) is 0 Å². The Labute approximate surface area is 175 Å². The van der Waals surface area contributed by atoms with Crippen molar-refractivity contribution in [2.75, 3.05) is 12.9 Å². The van der Waals surface area contributed by atoms with Gasteiger partial charge in [0.15, 0.2) is 0 Å². The van der Waals surface area contributed by atoms with Crippen LogP contribution >= 0.6 is 11.8 Å². The highest BCUT2D eigenvalue weighted by atomic mass is 32.2. The quantitative estimate of drug-likeness (QED) is 0.255. The Morgan fingerprint density at radius 2 is 1.83 bits per heavy atom. The molecule has 0 fully saturated rings. The van der Waals surface area contributed by atoms with Crippen molar-refractivity contribution in [1.82, 2.24) is 4.98 Å². The molecule has 29 heavy (non-hydrogen) atoms. The minimum absolute atomic E-state index is 0.211. The van der Waals surface area contributed by atoms with E-state index < -0.39 is 10.1 Å². The Balaban J connectivity index is 1.44.